The molecule has 1 saturated heterocycles. The van der Waals surface area contributed by atoms with Crippen molar-refractivity contribution in [1.29, 1.82) is 0 Å². The van der Waals surface area contributed by atoms with Crippen LogP contribution in [0.5, 0.6) is 0 Å². The number of amides is 2. The SMILES string of the molecule is CN1CCN(C(=O)CC2(CN)CCC2)CC1=O. The Morgan fingerprint density at radius 3 is 2.59 bits per heavy atom. The summed E-state index contributed by atoms with van der Waals surface area (Å²) < 4.78 is 0. The zero-order chi connectivity index (χ0) is 12.5. The third-order valence-electron chi connectivity index (χ3n) is 4.18. The number of likely N-dealkylation sites (N-methyl/N-ethyl adjacent to an activating group) is 1. The summed E-state index contributed by atoms with van der Waals surface area (Å²) in [7, 11) is 1.78. The van der Waals surface area contributed by atoms with Crippen molar-refractivity contribution in [3.05, 3.63) is 0 Å². The highest BCUT2D eigenvalue weighted by molar-refractivity contribution is 5.86. The molecule has 2 fully saturated rings. The number of piperazine rings is 1. The summed E-state index contributed by atoms with van der Waals surface area (Å²) in [5, 5.41) is 0. The molecular formula is C12H21N3O2. The highest BCUT2D eigenvalue weighted by atomic mass is 16.2. The Balaban J connectivity index is 1.90. The molecule has 1 aliphatic heterocycles. The molecule has 17 heavy (non-hydrogen) atoms. The van der Waals surface area contributed by atoms with Crippen LogP contribution in [0, 0.1) is 5.41 Å². The van der Waals surface area contributed by atoms with E-state index in [1.165, 1.54) is 6.42 Å². The molecule has 5 heteroatoms. The maximum absolute atomic E-state index is 12.1. The van der Waals surface area contributed by atoms with Crippen LogP contribution in [0.4, 0.5) is 0 Å². The Labute approximate surface area is 102 Å². The van der Waals surface area contributed by atoms with E-state index in [9.17, 15) is 9.59 Å². The van der Waals surface area contributed by atoms with E-state index >= 15 is 0 Å². The Hall–Kier alpha value is -1.10. The number of nitrogens with two attached hydrogens (primary N) is 1. The summed E-state index contributed by atoms with van der Waals surface area (Å²) in [5.41, 5.74) is 5.78. The van der Waals surface area contributed by atoms with Gasteiger partial charge in [0.1, 0.15) is 0 Å². The van der Waals surface area contributed by atoms with Crippen molar-refractivity contribution in [1.82, 2.24) is 9.80 Å². The highest BCUT2D eigenvalue weighted by Gasteiger charge is 2.39. The van der Waals surface area contributed by atoms with Crippen LogP contribution in [-0.4, -0.2) is 54.8 Å². The Morgan fingerprint density at radius 2 is 2.12 bits per heavy atom. The minimum absolute atomic E-state index is 0.0278. The van der Waals surface area contributed by atoms with Crippen molar-refractivity contribution in [3.63, 3.8) is 0 Å². The van der Waals surface area contributed by atoms with Gasteiger partial charge in [0.15, 0.2) is 0 Å². The molecule has 5 nitrogen and oxygen atoms in total. The molecule has 1 aliphatic carbocycles. The lowest BCUT2D eigenvalue weighted by Crippen LogP contribution is -2.52. The molecular weight excluding hydrogens is 218 g/mol. The van der Waals surface area contributed by atoms with E-state index in [4.69, 9.17) is 5.73 Å². The van der Waals surface area contributed by atoms with Crippen molar-refractivity contribution in [2.75, 3.05) is 33.2 Å². The lowest BCUT2D eigenvalue weighted by Gasteiger charge is -2.42. The molecule has 2 aliphatic rings. The van der Waals surface area contributed by atoms with E-state index in [2.05, 4.69) is 0 Å². The van der Waals surface area contributed by atoms with Crippen LogP contribution in [0.15, 0.2) is 0 Å². The molecule has 1 saturated carbocycles. The minimum atomic E-state index is 0.0278. The molecule has 0 aromatic rings. The third-order valence-corrected chi connectivity index (χ3v) is 4.18. The summed E-state index contributed by atoms with van der Waals surface area (Å²) in [5.74, 6) is 0.122. The van der Waals surface area contributed by atoms with Crippen LogP contribution in [0.25, 0.3) is 0 Å². The first-order chi connectivity index (χ1) is 8.06. The topological polar surface area (TPSA) is 66.6 Å². The summed E-state index contributed by atoms with van der Waals surface area (Å²) in [6.07, 6.45) is 3.79. The van der Waals surface area contributed by atoms with Crippen LogP contribution >= 0.6 is 0 Å². The van der Waals surface area contributed by atoms with Crippen molar-refractivity contribution in [3.8, 4) is 0 Å². The number of rotatable bonds is 3. The summed E-state index contributed by atoms with van der Waals surface area (Å²) in [4.78, 5) is 27.0. The fourth-order valence-corrected chi connectivity index (χ4v) is 2.53. The lowest BCUT2D eigenvalue weighted by molar-refractivity contribution is -0.146. The average Bonchev–Trinajstić information content (AvgIpc) is 2.27. The van der Waals surface area contributed by atoms with Gasteiger partial charge in [0.2, 0.25) is 11.8 Å². The maximum Gasteiger partial charge on any atom is 0.241 e. The number of hydrogen-bond acceptors (Lipinski definition) is 3. The molecule has 96 valence electrons. The molecule has 0 aromatic carbocycles. The fraction of sp³-hybridized carbons (Fsp3) is 0.833. The highest BCUT2D eigenvalue weighted by Crippen LogP contribution is 2.43. The number of nitrogens with zero attached hydrogens (tertiary/aromatic N) is 2. The number of hydrogen-bond donors (Lipinski definition) is 1. The van der Waals surface area contributed by atoms with Crippen molar-refractivity contribution >= 4 is 11.8 Å². The van der Waals surface area contributed by atoms with Crippen LogP contribution in [0.3, 0.4) is 0 Å². The van der Waals surface area contributed by atoms with E-state index in [0.29, 0.717) is 26.1 Å². The first-order valence-electron chi connectivity index (χ1n) is 6.28. The van der Waals surface area contributed by atoms with Crippen LogP contribution in [-0.2, 0) is 9.59 Å². The van der Waals surface area contributed by atoms with Crippen LogP contribution in [0.2, 0.25) is 0 Å². The average molecular weight is 239 g/mol. The summed E-state index contributed by atoms with van der Waals surface area (Å²) in [6, 6.07) is 0. The molecule has 2 amide bonds. The standard InChI is InChI=1S/C12H21N3O2/c1-14-5-6-15(8-11(14)17)10(16)7-12(9-13)3-2-4-12/h2-9,13H2,1H3. The van der Waals surface area contributed by atoms with Crippen LogP contribution < -0.4 is 5.73 Å². The Morgan fingerprint density at radius 1 is 1.41 bits per heavy atom. The quantitative estimate of drug-likeness (QED) is 0.742. The molecule has 0 spiro atoms. The largest absolute Gasteiger partial charge is 0.342 e. The summed E-state index contributed by atoms with van der Waals surface area (Å²) >= 11 is 0. The lowest BCUT2D eigenvalue weighted by atomic mass is 9.66. The fourth-order valence-electron chi connectivity index (χ4n) is 2.53. The van der Waals surface area contributed by atoms with Gasteiger partial charge in [-0.2, -0.15) is 0 Å². The zero-order valence-corrected chi connectivity index (χ0v) is 10.4. The van der Waals surface area contributed by atoms with E-state index in [-0.39, 0.29) is 23.8 Å². The van der Waals surface area contributed by atoms with Crippen molar-refractivity contribution in [2.45, 2.75) is 25.7 Å². The van der Waals surface area contributed by atoms with Crippen LogP contribution in [0.1, 0.15) is 25.7 Å². The molecule has 0 atom stereocenters. The Kier molecular flexibility index (Phi) is 3.38. The molecule has 2 N–H and O–H groups in total. The van der Waals surface area contributed by atoms with E-state index in [0.717, 1.165) is 12.8 Å². The van der Waals surface area contributed by atoms with Gasteiger partial charge in [-0.3, -0.25) is 9.59 Å². The normalized spacial score (nSPS) is 23.5. The monoisotopic (exact) mass is 239 g/mol. The van der Waals surface area contributed by atoms with Gasteiger partial charge < -0.3 is 15.5 Å². The maximum atomic E-state index is 12.1. The number of carbonyl (C=O) groups excluding carboxylic acids is 2. The second kappa shape index (κ2) is 4.64. The molecule has 0 bridgehead atoms. The summed E-state index contributed by atoms with van der Waals surface area (Å²) in [6.45, 7) is 2.11. The third kappa shape index (κ3) is 2.44. The van der Waals surface area contributed by atoms with Gasteiger partial charge in [-0.15, -0.1) is 0 Å². The first kappa shape index (κ1) is 12.4. The van der Waals surface area contributed by atoms with Gasteiger partial charge in [0.05, 0.1) is 6.54 Å². The molecule has 0 unspecified atom stereocenters. The second-order valence-electron chi connectivity index (χ2n) is 5.37. The first-order valence-corrected chi connectivity index (χ1v) is 6.28. The Bertz CT molecular complexity index is 320. The van der Waals surface area contributed by atoms with Gasteiger partial charge in [-0.05, 0) is 24.8 Å². The smallest absolute Gasteiger partial charge is 0.241 e. The van der Waals surface area contributed by atoms with Crippen molar-refractivity contribution < 1.29 is 9.59 Å². The predicted octanol–water partition coefficient (Wildman–Crippen LogP) is -0.194. The van der Waals surface area contributed by atoms with Gasteiger partial charge in [0, 0.05) is 26.6 Å². The predicted molar refractivity (Wildman–Crippen MR) is 64.2 cm³/mol. The molecule has 0 aromatic heterocycles. The second-order valence-corrected chi connectivity index (χ2v) is 5.37. The van der Waals surface area contributed by atoms with Gasteiger partial charge in [0.25, 0.3) is 0 Å². The van der Waals surface area contributed by atoms with E-state index in [1.807, 2.05) is 0 Å². The number of carbonyl (C=O) groups is 2. The molecule has 2 rings (SSSR count). The zero-order valence-electron chi connectivity index (χ0n) is 10.4. The van der Waals surface area contributed by atoms with Gasteiger partial charge >= 0.3 is 0 Å². The van der Waals surface area contributed by atoms with Gasteiger partial charge in [-0.1, -0.05) is 6.42 Å². The minimum Gasteiger partial charge on any atom is -0.342 e. The molecule has 0 radical (unpaired) electrons. The van der Waals surface area contributed by atoms with E-state index < -0.39 is 0 Å². The van der Waals surface area contributed by atoms with Crippen molar-refractivity contribution in [2.24, 2.45) is 11.1 Å². The molecule has 1 heterocycles. The van der Waals surface area contributed by atoms with E-state index in [1.54, 1.807) is 16.8 Å². The van der Waals surface area contributed by atoms with Gasteiger partial charge in [-0.25, -0.2) is 0 Å².